The first-order valence-corrected chi connectivity index (χ1v) is 6.33. The van der Waals surface area contributed by atoms with E-state index in [1.54, 1.807) is 29.0 Å². The third kappa shape index (κ3) is 2.25. The van der Waals surface area contributed by atoms with Gasteiger partial charge in [0.15, 0.2) is 5.65 Å². The van der Waals surface area contributed by atoms with Crippen LogP contribution in [-0.2, 0) is 11.3 Å². The molecule has 0 radical (unpaired) electrons. The minimum atomic E-state index is -0.0128. The molecule has 0 N–H and O–H groups in total. The summed E-state index contributed by atoms with van der Waals surface area (Å²) in [4.78, 5) is 22.4. The Morgan fingerprint density at radius 3 is 2.75 bits per heavy atom. The number of hydrogen-bond donors (Lipinski definition) is 0. The van der Waals surface area contributed by atoms with Gasteiger partial charge in [0.25, 0.3) is 0 Å². The van der Waals surface area contributed by atoms with Crippen LogP contribution in [0.3, 0.4) is 0 Å². The zero-order valence-electron chi connectivity index (χ0n) is 11.1. The normalized spacial score (nSPS) is 10.7. The maximum Gasteiger partial charge on any atom is 0.246 e. The molecular weight excluding hydrogens is 252 g/mol. The number of benzene rings is 1. The van der Waals surface area contributed by atoms with Crippen LogP contribution in [0.4, 0.5) is 5.69 Å². The number of nitrogens with zero attached hydrogens (tertiary/aromatic N) is 4. The van der Waals surface area contributed by atoms with Gasteiger partial charge in [-0.15, -0.1) is 0 Å². The van der Waals surface area contributed by atoms with Gasteiger partial charge >= 0.3 is 0 Å². The zero-order valence-corrected chi connectivity index (χ0v) is 11.1. The third-order valence-corrected chi connectivity index (χ3v) is 3.20. The molecule has 0 bridgehead atoms. The van der Waals surface area contributed by atoms with E-state index in [0.29, 0.717) is 0 Å². The Bertz CT molecular complexity index is 736. The molecule has 20 heavy (non-hydrogen) atoms. The number of aromatic nitrogens is 3. The van der Waals surface area contributed by atoms with Crippen LogP contribution in [-0.4, -0.2) is 27.5 Å². The van der Waals surface area contributed by atoms with Crippen LogP contribution in [0.15, 0.2) is 55.0 Å². The average Bonchev–Trinajstić information content (AvgIpc) is 2.91. The summed E-state index contributed by atoms with van der Waals surface area (Å²) in [7, 11) is 1.77. The van der Waals surface area contributed by atoms with Gasteiger partial charge < -0.3 is 9.47 Å². The Morgan fingerprint density at radius 2 is 1.95 bits per heavy atom. The third-order valence-electron chi connectivity index (χ3n) is 3.20. The molecule has 3 rings (SSSR count). The number of amides is 1. The van der Waals surface area contributed by atoms with Gasteiger partial charge in [-0.05, 0) is 24.3 Å². The van der Waals surface area contributed by atoms with Crippen LogP contribution in [0.5, 0.6) is 0 Å². The quantitative estimate of drug-likeness (QED) is 0.729. The number of hydrogen-bond acceptors (Lipinski definition) is 3. The van der Waals surface area contributed by atoms with Crippen LogP contribution < -0.4 is 4.90 Å². The molecule has 3 aromatic rings. The smallest absolute Gasteiger partial charge is 0.246 e. The van der Waals surface area contributed by atoms with Crippen molar-refractivity contribution in [2.75, 3.05) is 11.9 Å². The summed E-state index contributed by atoms with van der Waals surface area (Å²) in [6, 6.07) is 13.3. The second kappa shape index (κ2) is 5.13. The molecule has 0 fully saturated rings. The van der Waals surface area contributed by atoms with E-state index >= 15 is 0 Å². The number of carbonyl (C=O) groups excluding carboxylic acids is 1. The number of imidazole rings is 1. The Labute approximate surface area is 116 Å². The maximum atomic E-state index is 12.3. The molecule has 2 heterocycles. The summed E-state index contributed by atoms with van der Waals surface area (Å²) >= 11 is 0. The minimum absolute atomic E-state index is 0.0128. The highest BCUT2D eigenvalue weighted by molar-refractivity contribution is 5.93. The lowest BCUT2D eigenvalue weighted by Crippen LogP contribution is -2.29. The summed E-state index contributed by atoms with van der Waals surface area (Å²) in [6.45, 7) is 0.221. The van der Waals surface area contributed by atoms with E-state index in [2.05, 4.69) is 9.97 Å². The van der Waals surface area contributed by atoms with Gasteiger partial charge in [0.1, 0.15) is 12.1 Å². The first kappa shape index (κ1) is 12.3. The van der Waals surface area contributed by atoms with Crippen molar-refractivity contribution in [1.82, 2.24) is 14.5 Å². The molecule has 0 aliphatic heterocycles. The summed E-state index contributed by atoms with van der Waals surface area (Å²) < 4.78 is 1.76. The van der Waals surface area contributed by atoms with E-state index < -0.39 is 0 Å². The van der Waals surface area contributed by atoms with Gasteiger partial charge in [0.05, 0.1) is 6.33 Å². The lowest BCUT2D eigenvalue weighted by molar-refractivity contribution is -0.118. The second-order valence-corrected chi connectivity index (χ2v) is 4.51. The number of rotatable bonds is 3. The lowest BCUT2D eigenvalue weighted by Gasteiger charge is -2.17. The topological polar surface area (TPSA) is 51.0 Å². The van der Waals surface area contributed by atoms with E-state index in [9.17, 15) is 4.79 Å². The first-order valence-electron chi connectivity index (χ1n) is 6.33. The molecule has 1 aromatic carbocycles. The summed E-state index contributed by atoms with van der Waals surface area (Å²) in [5.74, 6) is -0.0128. The van der Waals surface area contributed by atoms with E-state index in [4.69, 9.17) is 0 Å². The Hall–Kier alpha value is -2.69. The maximum absolute atomic E-state index is 12.3. The SMILES string of the molecule is CN(C(=O)Cn1cnc2cccnc21)c1ccccc1. The average molecular weight is 266 g/mol. The Morgan fingerprint density at radius 1 is 1.15 bits per heavy atom. The van der Waals surface area contributed by atoms with Crippen molar-refractivity contribution in [1.29, 1.82) is 0 Å². The summed E-state index contributed by atoms with van der Waals surface area (Å²) in [5, 5.41) is 0. The molecule has 100 valence electrons. The number of anilines is 1. The van der Waals surface area contributed by atoms with Crippen molar-refractivity contribution in [2.24, 2.45) is 0 Å². The molecule has 0 spiro atoms. The summed E-state index contributed by atoms with van der Waals surface area (Å²) in [5.41, 5.74) is 2.39. The standard InChI is InChI=1S/C15H14N4O/c1-18(12-6-3-2-4-7-12)14(20)10-19-11-17-13-8-5-9-16-15(13)19/h2-9,11H,10H2,1H3. The molecule has 0 atom stereocenters. The molecule has 0 saturated carbocycles. The highest BCUT2D eigenvalue weighted by Crippen LogP contribution is 2.13. The molecule has 0 aliphatic rings. The van der Waals surface area contributed by atoms with Gasteiger partial charge in [-0.2, -0.15) is 0 Å². The molecule has 0 unspecified atom stereocenters. The zero-order chi connectivity index (χ0) is 13.9. The van der Waals surface area contributed by atoms with Crippen molar-refractivity contribution >= 4 is 22.8 Å². The van der Waals surface area contributed by atoms with Crippen molar-refractivity contribution in [3.05, 3.63) is 55.0 Å². The Kier molecular flexibility index (Phi) is 3.16. The largest absolute Gasteiger partial charge is 0.314 e. The van der Waals surface area contributed by atoms with Gasteiger partial charge in [0, 0.05) is 18.9 Å². The summed E-state index contributed by atoms with van der Waals surface area (Å²) in [6.07, 6.45) is 3.35. The van der Waals surface area contributed by atoms with Gasteiger partial charge in [-0.25, -0.2) is 9.97 Å². The van der Waals surface area contributed by atoms with Crippen LogP contribution in [0.2, 0.25) is 0 Å². The van der Waals surface area contributed by atoms with Crippen LogP contribution in [0.1, 0.15) is 0 Å². The number of likely N-dealkylation sites (N-methyl/N-ethyl adjacent to an activating group) is 1. The molecule has 0 aliphatic carbocycles. The molecule has 0 saturated heterocycles. The van der Waals surface area contributed by atoms with Gasteiger partial charge in [0.2, 0.25) is 5.91 Å². The van der Waals surface area contributed by atoms with Crippen molar-refractivity contribution in [3.8, 4) is 0 Å². The lowest BCUT2D eigenvalue weighted by atomic mass is 10.3. The fraction of sp³-hybridized carbons (Fsp3) is 0.133. The van der Waals surface area contributed by atoms with E-state index in [-0.39, 0.29) is 12.5 Å². The number of fused-ring (bicyclic) bond motifs is 1. The van der Waals surface area contributed by atoms with Crippen molar-refractivity contribution < 1.29 is 4.79 Å². The highest BCUT2D eigenvalue weighted by atomic mass is 16.2. The van der Waals surface area contributed by atoms with E-state index in [1.807, 2.05) is 42.5 Å². The Balaban J connectivity index is 1.82. The van der Waals surface area contributed by atoms with E-state index in [0.717, 1.165) is 16.9 Å². The number of pyridine rings is 1. The van der Waals surface area contributed by atoms with Gasteiger partial charge in [-0.3, -0.25) is 4.79 Å². The highest BCUT2D eigenvalue weighted by Gasteiger charge is 2.13. The van der Waals surface area contributed by atoms with E-state index in [1.165, 1.54) is 0 Å². The molecule has 5 nitrogen and oxygen atoms in total. The van der Waals surface area contributed by atoms with Crippen LogP contribution in [0, 0.1) is 0 Å². The van der Waals surface area contributed by atoms with Crippen LogP contribution >= 0.6 is 0 Å². The second-order valence-electron chi connectivity index (χ2n) is 4.51. The molecular formula is C15H14N4O. The molecule has 5 heteroatoms. The van der Waals surface area contributed by atoms with Crippen molar-refractivity contribution in [3.63, 3.8) is 0 Å². The van der Waals surface area contributed by atoms with Gasteiger partial charge in [-0.1, -0.05) is 18.2 Å². The van der Waals surface area contributed by atoms with Crippen LogP contribution in [0.25, 0.3) is 11.2 Å². The first-order chi connectivity index (χ1) is 9.75. The minimum Gasteiger partial charge on any atom is -0.314 e. The fourth-order valence-corrected chi connectivity index (χ4v) is 2.06. The fourth-order valence-electron chi connectivity index (χ4n) is 2.06. The predicted molar refractivity (Wildman–Crippen MR) is 77.4 cm³/mol. The number of para-hydroxylation sites is 1. The molecule has 1 amide bonds. The predicted octanol–water partition coefficient (Wildman–Crippen LogP) is 2.09. The monoisotopic (exact) mass is 266 g/mol. The van der Waals surface area contributed by atoms with Crippen molar-refractivity contribution in [2.45, 2.75) is 6.54 Å². The molecule has 2 aromatic heterocycles. The number of carbonyl (C=O) groups is 1.